The number of benzene rings is 2. The van der Waals surface area contributed by atoms with Crippen molar-refractivity contribution in [3.8, 4) is 21.8 Å². The van der Waals surface area contributed by atoms with E-state index in [4.69, 9.17) is 9.97 Å². The Hall–Kier alpha value is -3.20. The van der Waals surface area contributed by atoms with Crippen molar-refractivity contribution in [3.63, 3.8) is 0 Å². The van der Waals surface area contributed by atoms with Crippen LogP contribution in [0, 0.1) is 5.82 Å². The Morgan fingerprint density at radius 1 is 1.06 bits per heavy atom. The summed E-state index contributed by atoms with van der Waals surface area (Å²) in [6.45, 7) is 3.50. The summed E-state index contributed by atoms with van der Waals surface area (Å²) in [6, 6.07) is 18.3. The molecule has 0 aliphatic carbocycles. The molecule has 1 atom stereocenters. The van der Waals surface area contributed by atoms with E-state index in [-0.39, 0.29) is 11.9 Å². The SMILES string of the molecule is CC(Nc1nccc(-c2sc(C3(O)CCNCC3)nc2-c2cccc(F)c2)n1)c1ccccc1. The Balaban J connectivity index is 1.54. The number of aliphatic hydroxyl groups is 1. The number of thiazole rings is 1. The lowest BCUT2D eigenvalue weighted by atomic mass is 9.93. The van der Waals surface area contributed by atoms with Gasteiger partial charge in [0.25, 0.3) is 0 Å². The van der Waals surface area contributed by atoms with Crippen molar-refractivity contribution in [2.24, 2.45) is 0 Å². The maximum absolute atomic E-state index is 14.1. The zero-order chi connectivity index (χ0) is 23.5. The van der Waals surface area contributed by atoms with Crippen molar-refractivity contribution in [1.29, 1.82) is 0 Å². The molecule has 3 heterocycles. The minimum absolute atomic E-state index is 0.0200. The molecule has 0 saturated carbocycles. The van der Waals surface area contributed by atoms with Gasteiger partial charge in [-0.05, 0) is 56.6 Å². The number of nitrogens with one attached hydrogen (secondary N) is 2. The summed E-state index contributed by atoms with van der Waals surface area (Å²) in [5.74, 6) is 0.162. The highest BCUT2D eigenvalue weighted by Crippen LogP contribution is 2.42. The van der Waals surface area contributed by atoms with Gasteiger partial charge in [-0.15, -0.1) is 11.3 Å². The average Bonchev–Trinajstić information content (AvgIpc) is 3.32. The minimum atomic E-state index is -1.01. The summed E-state index contributed by atoms with van der Waals surface area (Å²) in [5.41, 5.74) is 2.07. The summed E-state index contributed by atoms with van der Waals surface area (Å²) < 4.78 is 14.1. The molecule has 0 amide bonds. The van der Waals surface area contributed by atoms with Crippen LogP contribution in [0.5, 0.6) is 0 Å². The molecule has 1 aliphatic rings. The van der Waals surface area contributed by atoms with Gasteiger partial charge in [-0.3, -0.25) is 0 Å². The molecule has 6 nitrogen and oxygen atoms in total. The van der Waals surface area contributed by atoms with Crippen LogP contribution in [0.15, 0.2) is 66.9 Å². The Morgan fingerprint density at radius 3 is 2.62 bits per heavy atom. The molecule has 1 unspecified atom stereocenters. The molecule has 1 saturated heterocycles. The average molecular weight is 476 g/mol. The second-order valence-corrected chi connectivity index (χ2v) is 9.53. The van der Waals surface area contributed by atoms with Gasteiger partial charge in [-0.25, -0.2) is 19.3 Å². The first-order chi connectivity index (χ1) is 16.5. The molecule has 0 spiro atoms. The van der Waals surface area contributed by atoms with E-state index in [2.05, 4.69) is 34.7 Å². The van der Waals surface area contributed by atoms with Gasteiger partial charge in [-0.1, -0.05) is 42.5 Å². The van der Waals surface area contributed by atoms with Crippen molar-refractivity contribution in [1.82, 2.24) is 20.3 Å². The van der Waals surface area contributed by atoms with Crippen molar-refractivity contribution < 1.29 is 9.50 Å². The summed E-state index contributed by atoms with van der Waals surface area (Å²) >= 11 is 1.41. The van der Waals surface area contributed by atoms with E-state index in [0.717, 1.165) is 23.5 Å². The molecule has 2 aromatic carbocycles. The van der Waals surface area contributed by atoms with Crippen molar-refractivity contribution in [2.75, 3.05) is 18.4 Å². The van der Waals surface area contributed by atoms with Gasteiger partial charge in [0, 0.05) is 11.8 Å². The first-order valence-electron chi connectivity index (χ1n) is 11.4. The van der Waals surface area contributed by atoms with Crippen LogP contribution in [0.25, 0.3) is 21.8 Å². The molecule has 4 aromatic rings. The Kier molecular flexibility index (Phi) is 6.36. The molecule has 5 rings (SSSR count). The lowest BCUT2D eigenvalue weighted by molar-refractivity contribution is 0.00582. The largest absolute Gasteiger partial charge is 0.383 e. The van der Waals surface area contributed by atoms with E-state index in [9.17, 15) is 9.50 Å². The molecule has 8 heteroatoms. The van der Waals surface area contributed by atoms with E-state index >= 15 is 0 Å². The number of piperidine rings is 1. The summed E-state index contributed by atoms with van der Waals surface area (Å²) in [5, 5.41) is 18.6. The Bertz CT molecular complexity index is 1270. The highest BCUT2D eigenvalue weighted by molar-refractivity contribution is 7.15. The molecule has 1 fully saturated rings. The number of hydrogen-bond donors (Lipinski definition) is 3. The molecule has 34 heavy (non-hydrogen) atoms. The van der Waals surface area contributed by atoms with E-state index in [0.29, 0.717) is 40.7 Å². The second-order valence-electron chi connectivity index (χ2n) is 8.53. The number of hydrogen-bond acceptors (Lipinski definition) is 7. The first-order valence-corrected chi connectivity index (χ1v) is 12.2. The van der Waals surface area contributed by atoms with Crippen LogP contribution in [-0.4, -0.2) is 33.1 Å². The van der Waals surface area contributed by atoms with Gasteiger partial charge in [0.1, 0.15) is 16.4 Å². The fraction of sp³-hybridized carbons (Fsp3) is 0.269. The van der Waals surface area contributed by atoms with E-state index < -0.39 is 5.60 Å². The highest BCUT2D eigenvalue weighted by Gasteiger charge is 2.35. The lowest BCUT2D eigenvalue weighted by Crippen LogP contribution is -2.39. The van der Waals surface area contributed by atoms with Gasteiger partial charge in [-0.2, -0.15) is 0 Å². The fourth-order valence-corrected chi connectivity index (χ4v) is 5.35. The van der Waals surface area contributed by atoms with Crippen LogP contribution in [0.1, 0.15) is 36.4 Å². The predicted molar refractivity (Wildman–Crippen MR) is 133 cm³/mol. The van der Waals surface area contributed by atoms with Crippen LogP contribution in [0.2, 0.25) is 0 Å². The topological polar surface area (TPSA) is 83.0 Å². The van der Waals surface area contributed by atoms with Crippen LogP contribution < -0.4 is 10.6 Å². The van der Waals surface area contributed by atoms with Gasteiger partial charge in [0.15, 0.2) is 0 Å². The van der Waals surface area contributed by atoms with Crippen LogP contribution in [-0.2, 0) is 5.60 Å². The summed E-state index contributed by atoms with van der Waals surface area (Å²) in [6.07, 6.45) is 2.86. The highest BCUT2D eigenvalue weighted by atomic mass is 32.1. The summed E-state index contributed by atoms with van der Waals surface area (Å²) in [4.78, 5) is 14.8. The van der Waals surface area contributed by atoms with Crippen LogP contribution >= 0.6 is 11.3 Å². The third-order valence-corrected chi connectivity index (χ3v) is 7.36. The van der Waals surface area contributed by atoms with Gasteiger partial charge < -0.3 is 15.7 Å². The van der Waals surface area contributed by atoms with Crippen molar-refractivity contribution >= 4 is 17.3 Å². The molecule has 0 radical (unpaired) electrons. The monoisotopic (exact) mass is 475 g/mol. The van der Waals surface area contributed by atoms with E-state index in [1.807, 2.05) is 30.3 Å². The van der Waals surface area contributed by atoms with Crippen molar-refractivity contribution in [2.45, 2.75) is 31.4 Å². The zero-order valence-corrected chi connectivity index (χ0v) is 19.6. The first kappa shape index (κ1) is 22.6. The minimum Gasteiger partial charge on any atom is -0.383 e. The maximum Gasteiger partial charge on any atom is 0.223 e. The normalized spacial score (nSPS) is 16.2. The quantitative estimate of drug-likeness (QED) is 0.358. The molecular formula is C26H26FN5OS. The molecular weight excluding hydrogens is 449 g/mol. The molecule has 174 valence electrons. The number of anilines is 1. The molecule has 1 aliphatic heterocycles. The van der Waals surface area contributed by atoms with Gasteiger partial charge in [0.2, 0.25) is 5.95 Å². The zero-order valence-electron chi connectivity index (χ0n) is 18.8. The lowest BCUT2D eigenvalue weighted by Gasteiger charge is -2.30. The number of aromatic nitrogens is 3. The van der Waals surface area contributed by atoms with Gasteiger partial charge in [0.05, 0.1) is 22.3 Å². The van der Waals surface area contributed by atoms with Crippen LogP contribution in [0.4, 0.5) is 10.3 Å². The van der Waals surface area contributed by atoms with Crippen LogP contribution in [0.3, 0.4) is 0 Å². The standard InChI is InChI=1S/C26H26FN5OS/c1-17(18-6-3-2-4-7-18)30-25-29-13-10-21(31-25)23-22(19-8-5-9-20(27)16-19)32-24(34-23)26(33)11-14-28-15-12-26/h2-10,13,16-17,28,33H,11-12,14-15H2,1H3,(H,29,30,31). The Morgan fingerprint density at radius 2 is 1.85 bits per heavy atom. The Labute approximate surface area is 202 Å². The van der Waals surface area contributed by atoms with E-state index in [1.165, 1.54) is 23.5 Å². The van der Waals surface area contributed by atoms with E-state index in [1.54, 1.807) is 12.3 Å². The summed E-state index contributed by atoms with van der Waals surface area (Å²) in [7, 11) is 0. The fourth-order valence-electron chi connectivity index (χ4n) is 4.15. The van der Waals surface area contributed by atoms with Gasteiger partial charge >= 0.3 is 0 Å². The third-order valence-electron chi connectivity index (χ3n) is 6.09. The molecule has 3 N–H and O–H groups in total. The third kappa shape index (κ3) is 4.70. The maximum atomic E-state index is 14.1. The smallest absolute Gasteiger partial charge is 0.223 e. The predicted octanol–water partition coefficient (Wildman–Crippen LogP) is 5.15. The number of halogens is 1. The molecule has 2 aromatic heterocycles. The number of rotatable bonds is 6. The molecule has 0 bridgehead atoms. The van der Waals surface area contributed by atoms with Crippen molar-refractivity contribution in [3.05, 3.63) is 83.2 Å². The second kappa shape index (κ2) is 9.58. The number of nitrogens with zero attached hydrogens (tertiary/aromatic N) is 3.